The first-order chi connectivity index (χ1) is 28.3. The van der Waals surface area contributed by atoms with Gasteiger partial charge in [0.15, 0.2) is 6.10 Å². The Morgan fingerprint density at radius 3 is 0.983 bits per heavy atom. The van der Waals surface area contributed by atoms with E-state index in [2.05, 4.69) is 34.6 Å². The van der Waals surface area contributed by atoms with Crippen LogP contribution in [0.2, 0.25) is 0 Å². The second-order valence-corrected chi connectivity index (χ2v) is 18.5. The predicted molar refractivity (Wildman–Crippen MR) is 247 cm³/mol. The Hall–Kier alpha value is -1.59. The minimum absolute atomic E-state index is 0.0642. The Morgan fingerprint density at radius 1 is 0.362 bits per heavy atom. The Labute approximate surface area is 361 Å². The van der Waals surface area contributed by atoms with Gasteiger partial charge in [-0.2, -0.15) is 0 Å². The molecule has 1 unspecified atom stereocenters. The summed E-state index contributed by atoms with van der Waals surface area (Å²) in [5.41, 5.74) is 0. The fourth-order valence-corrected chi connectivity index (χ4v) is 7.78. The van der Waals surface area contributed by atoms with Crippen LogP contribution in [0.3, 0.4) is 0 Å². The number of carbonyl (C=O) groups excluding carboxylic acids is 3. The largest absolute Gasteiger partial charge is 0.462 e. The summed E-state index contributed by atoms with van der Waals surface area (Å²) in [7, 11) is 0. The van der Waals surface area contributed by atoms with E-state index in [4.69, 9.17) is 14.2 Å². The average molecular weight is 821 g/mol. The predicted octanol–water partition coefficient (Wildman–Crippen LogP) is 16.5. The van der Waals surface area contributed by atoms with Gasteiger partial charge in [-0.25, -0.2) is 0 Å². The normalized spacial score (nSPS) is 12.5. The van der Waals surface area contributed by atoms with Gasteiger partial charge >= 0.3 is 17.9 Å². The Balaban J connectivity index is 4.30. The van der Waals surface area contributed by atoms with Crippen molar-refractivity contribution in [1.82, 2.24) is 0 Å². The lowest BCUT2D eigenvalue weighted by Gasteiger charge is -2.18. The van der Waals surface area contributed by atoms with Gasteiger partial charge in [-0.3, -0.25) is 14.4 Å². The van der Waals surface area contributed by atoms with Crippen molar-refractivity contribution in [2.24, 2.45) is 11.8 Å². The lowest BCUT2D eigenvalue weighted by Crippen LogP contribution is -2.30. The summed E-state index contributed by atoms with van der Waals surface area (Å²) in [6, 6.07) is 0. The first-order valence-electron chi connectivity index (χ1n) is 25.8. The van der Waals surface area contributed by atoms with E-state index in [0.717, 1.165) is 69.6 Å². The van der Waals surface area contributed by atoms with Gasteiger partial charge in [0.1, 0.15) is 13.2 Å². The standard InChI is InChI=1S/C52H100O6/c1-6-8-9-10-11-12-13-14-15-16-17-21-27-32-37-42-50(53)56-45-49(58-52(55)44-39-34-29-24-23-25-30-35-40-47(3)4)46-57-51(54)43-38-33-28-22-19-18-20-26-31-36-41-48(5)7-2/h47-49H,6-46H2,1-5H3/t48?,49-/m0/s1. The number of carbonyl (C=O) groups is 3. The van der Waals surface area contributed by atoms with E-state index in [1.165, 1.54) is 173 Å². The minimum Gasteiger partial charge on any atom is -0.462 e. The third-order valence-electron chi connectivity index (χ3n) is 12.1. The van der Waals surface area contributed by atoms with Crippen LogP contribution in [-0.2, 0) is 28.6 Å². The van der Waals surface area contributed by atoms with Crippen LogP contribution in [0.15, 0.2) is 0 Å². The van der Waals surface area contributed by atoms with Gasteiger partial charge in [0.2, 0.25) is 0 Å². The molecule has 0 fully saturated rings. The first-order valence-corrected chi connectivity index (χ1v) is 25.8. The van der Waals surface area contributed by atoms with E-state index in [1.807, 2.05) is 0 Å². The molecular weight excluding hydrogens is 721 g/mol. The van der Waals surface area contributed by atoms with Crippen molar-refractivity contribution >= 4 is 17.9 Å². The van der Waals surface area contributed by atoms with Crippen molar-refractivity contribution in [3.8, 4) is 0 Å². The molecule has 0 aromatic heterocycles. The van der Waals surface area contributed by atoms with Gasteiger partial charge in [0.25, 0.3) is 0 Å². The van der Waals surface area contributed by atoms with Crippen molar-refractivity contribution < 1.29 is 28.6 Å². The number of rotatable bonds is 46. The molecular formula is C52H100O6. The van der Waals surface area contributed by atoms with Crippen LogP contribution < -0.4 is 0 Å². The highest BCUT2D eigenvalue weighted by Gasteiger charge is 2.19. The summed E-state index contributed by atoms with van der Waals surface area (Å²) in [6.45, 7) is 11.4. The Morgan fingerprint density at radius 2 is 0.655 bits per heavy atom. The molecule has 0 rings (SSSR count). The number of esters is 3. The molecule has 6 nitrogen and oxygen atoms in total. The molecule has 0 aliphatic heterocycles. The quantitative estimate of drug-likeness (QED) is 0.0346. The molecule has 6 heteroatoms. The van der Waals surface area contributed by atoms with Crippen molar-refractivity contribution in [2.45, 2.75) is 291 Å². The monoisotopic (exact) mass is 821 g/mol. The molecule has 0 saturated heterocycles. The summed E-state index contributed by atoms with van der Waals surface area (Å²) in [5.74, 6) is 0.812. The molecule has 0 aliphatic rings. The molecule has 0 aromatic rings. The SMILES string of the molecule is CCCCCCCCCCCCCCCCCC(=O)OC[C@@H](COC(=O)CCCCCCCCCCCCC(C)CC)OC(=O)CCCCCCCCCCC(C)C. The van der Waals surface area contributed by atoms with Crippen molar-refractivity contribution in [3.05, 3.63) is 0 Å². The molecule has 0 heterocycles. The molecule has 0 N–H and O–H groups in total. The first kappa shape index (κ1) is 56.4. The zero-order chi connectivity index (χ0) is 42.6. The molecule has 344 valence electrons. The minimum atomic E-state index is -0.762. The van der Waals surface area contributed by atoms with Crippen LogP contribution in [0.1, 0.15) is 285 Å². The van der Waals surface area contributed by atoms with E-state index >= 15 is 0 Å². The Bertz CT molecular complexity index is 887. The summed E-state index contributed by atoms with van der Waals surface area (Å²) in [4.78, 5) is 37.9. The number of hydrogen-bond acceptors (Lipinski definition) is 6. The number of ether oxygens (including phenoxy) is 3. The molecule has 0 bridgehead atoms. The van der Waals surface area contributed by atoms with Gasteiger partial charge < -0.3 is 14.2 Å². The molecule has 0 aromatic carbocycles. The second-order valence-electron chi connectivity index (χ2n) is 18.5. The van der Waals surface area contributed by atoms with Crippen molar-refractivity contribution in [3.63, 3.8) is 0 Å². The fourth-order valence-electron chi connectivity index (χ4n) is 7.78. The summed E-state index contributed by atoms with van der Waals surface area (Å²) >= 11 is 0. The van der Waals surface area contributed by atoms with Crippen LogP contribution in [0.25, 0.3) is 0 Å². The number of hydrogen-bond donors (Lipinski definition) is 0. The number of unbranched alkanes of at least 4 members (excludes halogenated alkanes) is 30. The van der Waals surface area contributed by atoms with Gasteiger partial charge in [0, 0.05) is 19.3 Å². The second kappa shape index (κ2) is 44.9. The van der Waals surface area contributed by atoms with Crippen molar-refractivity contribution in [2.75, 3.05) is 13.2 Å². The van der Waals surface area contributed by atoms with Crippen LogP contribution >= 0.6 is 0 Å². The highest BCUT2D eigenvalue weighted by molar-refractivity contribution is 5.71. The third kappa shape index (κ3) is 44.0. The highest BCUT2D eigenvalue weighted by Crippen LogP contribution is 2.18. The van der Waals surface area contributed by atoms with Crippen LogP contribution in [0.5, 0.6) is 0 Å². The van der Waals surface area contributed by atoms with Crippen LogP contribution in [0, 0.1) is 11.8 Å². The molecule has 2 atom stereocenters. The zero-order valence-electron chi connectivity index (χ0n) is 39.7. The summed E-state index contributed by atoms with van der Waals surface area (Å²) in [6.07, 6.45) is 45.1. The van der Waals surface area contributed by atoms with E-state index < -0.39 is 6.10 Å². The molecule has 0 aliphatic carbocycles. The topological polar surface area (TPSA) is 78.9 Å². The zero-order valence-corrected chi connectivity index (χ0v) is 39.7. The van der Waals surface area contributed by atoms with Gasteiger partial charge in [-0.15, -0.1) is 0 Å². The molecule has 0 amide bonds. The lowest BCUT2D eigenvalue weighted by molar-refractivity contribution is -0.167. The van der Waals surface area contributed by atoms with E-state index in [9.17, 15) is 14.4 Å². The fraction of sp³-hybridized carbons (Fsp3) is 0.942. The summed E-state index contributed by atoms with van der Waals surface area (Å²) < 4.78 is 16.8. The van der Waals surface area contributed by atoms with E-state index in [-0.39, 0.29) is 31.1 Å². The maximum absolute atomic E-state index is 12.8. The smallest absolute Gasteiger partial charge is 0.306 e. The molecule has 0 radical (unpaired) electrons. The Kier molecular flexibility index (Phi) is 43.7. The van der Waals surface area contributed by atoms with E-state index in [1.54, 1.807) is 0 Å². The van der Waals surface area contributed by atoms with Crippen LogP contribution in [0.4, 0.5) is 0 Å². The lowest BCUT2D eigenvalue weighted by atomic mass is 9.99. The average Bonchev–Trinajstić information content (AvgIpc) is 3.21. The van der Waals surface area contributed by atoms with Gasteiger partial charge in [0.05, 0.1) is 0 Å². The molecule has 58 heavy (non-hydrogen) atoms. The molecule has 0 saturated carbocycles. The maximum atomic E-state index is 12.8. The summed E-state index contributed by atoms with van der Waals surface area (Å²) in [5, 5.41) is 0. The third-order valence-corrected chi connectivity index (χ3v) is 12.1. The highest BCUT2D eigenvalue weighted by atomic mass is 16.6. The van der Waals surface area contributed by atoms with Gasteiger partial charge in [-0.1, -0.05) is 247 Å². The molecule has 0 spiro atoms. The maximum Gasteiger partial charge on any atom is 0.306 e. The van der Waals surface area contributed by atoms with Crippen molar-refractivity contribution in [1.29, 1.82) is 0 Å². The van der Waals surface area contributed by atoms with Crippen LogP contribution in [-0.4, -0.2) is 37.2 Å². The van der Waals surface area contributed by atoms with Gasteiger partial charge in [-0.05, 0) is 31.1 Å². The van der Waals surface area contributed by atoms with E-state index in [0.29, 0.717) is 19.3 Å².